The average molecular weight is 349 g/mol. The summed E-state index contributed by atoms with van der Waals surface area (Å²) in [5.74, 6) is 0.351. The van der Waals surface area contributed by atoms with E-state index in [1.54, 1.807) is 12.1 Å². The molecule has 0 N–H and O–H groups in total. The fraction of sp³-hybridized carbons (Fsp3) is 0.300. The van der Waals surface area contributed by atoms with E-state index in [-0.39, 0.29) is 30.3 Å². The number of hydrogen-bond acceptors (Lipinski definition) is 2. The summed E-state index contributed by atoms with van der Waals surface area (Å²) in [6, 6.07) is 3.35. The van der Waals surface area contributed by atoms with E-state index in [0.29, 0.717) is 22.2 Å². The first-order valence-electron chi connectivity index (χ1n) is 4.71. The first-order valence-corrected chi connectivity index (χ1v) is 8.32. The number of halogens is 2. The van der Waals surface area contributed by atoms with Gasteiger partial charge in [-0.1, -0.05) is 0 Å². The number of carbonyl (C=O) groups excluding carboxylic acids is 1. The first-order chi connectivity index (χ1) is 7.06. The van der Waals surface area contributed by atoms with Crippen LogP contribution < -0.4 is 8.06 Å². The molecule has 15 heavy (non-hydrogen) atoms. The van der Waals surface area contributed by atoms with E-state index in [9.17, 15) is 4.79 Å². The van der Waals surface area contributed by atoms with Gasteiger partial charge in [-0.2, -0.15) is 0 Å². The van der Waals surface area contributed by atoms with Crippen molar-refractivity contribution in [1.82, 2.24) is 0 Å². The number of esters is 1. The summed E-state index contributed by atoms with van der Waals surface area (Å²) in [5.41, 5.74) is 0. The van der Waals surface area contributed by atoms with E-state index < -0.39 is 0 Å². The predicted molar refractivity (Wildman–Crippen MR) is 65.2 cm³/mol. The number of hydrogen-bond donors (Lipinski definition) is 0. The van der Waals surface area contributed by atoms with Crippen LogP contribution in [0.5, 0.6) is 5.75 Å². The van der Waals surface area contributed by atoms with Gasteiger partial charge in [0.2, 0.25) is 0 Å². The van der Waals surface area contributed by atoms with Crippen LogP contribution in [-0.4, -0.2) is 30.3 Å². The van der Waals surface area contributed by atoms with Gasteiger partial charge in [0, 0.05) is 0 Å². The summed E-state index contributed by atoms with van der Waals surface area (Å²) in [4.78, 5) is 11.3. The zero-order valence-electron chi connectivity index (χ0n) is 8.64. The van der Waals surface area contributed by atoms with Crippen molar-refractivity contribution >= 4 is 56.9 Å². The molecule has 0 saturated carbocycles. The molecular weight excluding hydrogens is 338 g/mol. The predicted octanol–water partition coefficient (Wildman–Crippen LogP) is 1.96. The molecular formula is C10H11Cl2InO2. The third-order valence-corrected chi connectivity index (χ3v) is 6.60. The van der Waals surface area contributed by atoms with Gasteiger partial charge in [-0.3, -0.25) is 0 Å². The third-order valence-electron chi connectivity index (χ3n) is 1.97. The maximum absolute atomic E-state index is 11.3. The van der Waals surface area contributed by atoms with Crippen molar-refractivity contribution in [2.75, 3.05) is 0 Å². The minimum atomic E-state index is -0.217. The van der Waals surface area contributed by atoms with Crippen molar-refractivity contribution in [3.8, 4) is 5.75 Å². The molecule has 0 spiro atoms. The molecule has 0 amide bonds. The van der Waals surface area contributed by atoms with Gasteiger partial charge >= 0.3 is 114 Å². The van der Waals surface area contributed by atoms with Gasteiger partial charge in [-0.05, 0) is 0 Å². The van der Waals surface area contributed by atoms with Gasteiger partial charge in [0.05, 0.1) is 0 Å². The molecule has 0 unspecified atom stereocenters. The van der Waals surface area contributed by atoms with Crippen molar-refractivity contribution in [2.24, 2.45) is 0 Å². The zero-order chi connectivity index (χ0) is 11.4. The van der Waals surface area contributed by atoms with Crippen molar-refractivity contribution < 1.29 is 9.53 Å². The fourth-order valence-electron chi connectivity index (χ4n) is 1.12. The summed E-state index contributed by atoms with van der Waals surface area (Å²) in [6.45, 7) is 1.93. The Kier molecular flexibility index (Phi) is 5.30. The Labute approximate surface area is 113 Å². The van der Waals surface area contributed by atoms with Crippen molar-refractivity contribution in [3.05, 3.63) is 22.2 Å². The molecule has 0 heterocycles. The Bertz CT molecular complexity index is 380. The number of carbonyl (C=O) groups is 1. The van der Waals surface area contributed by atoms with Gasteiger partial charge in [-0.25, -0.2) is 0 Å². The number of rotatable bonds is 3. The van der Waals surface area contributed by atoms with E-state index in [1.165, 1.54) is 0 Å². The Hall–Kier alpha value is 0.140. The van der Waals surface area contributed by atoms with Gasteiger partial charge in [0.25, 0.3) is 0 Å². The molecule has 80 valence electrons. The quantitative estimate of drug-likeness (QED) is 0.616. The van der Waals surface area contributed by atoms with Crippen molar-refractivity contribution in [1.29, 1.82) is 0 Å². The molecule has 0 aromatic heterocycles. The van der Waals surface area contributed by atoms with Gasteiger partial charge in [0.15, 0.2) is 0 Å². The van der Waals surface area contributed by atoms with E-state index in [2.05, 4.69) is 0 Å². The molecule has 0 bridgehead atoms. The molecule has 0 aliphatic heterocycles. The second-order valence-corrected chi connectivity index (χ2v) is 6.85. The third kappa shape index (κ3) is 3.58. The van der Waals surface area contributed by atoms with Gasteiger partial charge in [-0.15, -0.1) is 0 Å². The topological polar surface area (TPSA) is 26.3 Å². The summed E-state index contributed by atoms with van der Waals surface area (Å²) in [5, 5.41) is 1.04. The standard InChI is InChI=1S/C10H9Cl2O2.In.2H/c1-2-3-10(13)14-7-4-5-8(11)9(12)6-7;;;/h4-5H,2-3H2,1H3;;;. The van der Waals surface area contributed by atoms with Gasteiger partial charge in [0.1, 0.15) is 0 Å². The molecule has 2 nitrogen and oxygen atoms in total. The van der Waals surface area contributed by atoms with Gasteiger partial charge < -0.3 is 0 Å². The molecule has 0 atom stereocenters. The Morgan fingerprint density at radius 3 is 2.73 bits per heavy atom. The van der Waals surface area contributed by atoms with Crippen LogP contribution >= 0.6 is 23.2 Å². The molecule has 5 heteroatoms. The fourth-order valence-corrected chi connectivity index (χ4v) is 3.47. The summed E-state index contributed by atoms with van der Waals surface area (Å²) in [7, 11) is 0. The Morgan fingerprint density at radius 1 is 1.47 bits per heavy atom. The Morgan fingerprint density at radius 2 is 2.13 bits per heavy atom. The van der Waals surface area contributed by atoms with E-state index >= 15 is 0 Å². The van der Waals surface area contributed by atoms with Crippen LogP contribution in [0, 0.1) is 0 Å². The minimum absolute atomic E-state index is 0.142. The molecule has 1 aromatic rings. The van der Waals surface area contributed by atoms with E-state index in [0.717, 1.165) is 9.74 Å². The second-order valence-electron chi connectivity index (χ2n) is 3.21. The monoisotopic (exact) mass is 348 g/mol. The first kappa shape index (κ1) is 13.2. The van der Waals surface area contributed by atoms with Crippen LogP contribution in [0.4, 0.5) is 0 Å². The number of benzene rings is 1. The average Bonchev–Trinajstić information content (AvgIpc) is 2.20. The van der Waals surface area contributed by atoms with Crippen molar-refractivity contribution in [3.63, 3.8) is 0 Å². The molecule has 1 rings (SSSR count). The van der Waals surface area contributed by atoms with Crippen LogP contribution in [-0.2, 0) is 4.79 Å². The van der Waals surface area contributed by atoms with Crippen LogP contribution in [0.1, 0.15) is 19.8 Å². The summed E-state index contributed by atoms with van der Waals surface area (Å²) >= 11 is 12.0. The summed E-state index contributed by atoms with van der Waals surface area (Å²) < 4.78 is 6.09. The molecule has 1 aromatic carbocycles. The maximum atomic E-state index is 11.3. The molecule has 0 radical (unpaired) electrons. The van der Waals surface area contributed by atoms with Crippen molar-refractivity contribution in [2.45, 2.75) is 19.8 Å². The second kappa shape index (κ2) is 6.02. The molecule has 0 aliphatic carbocycles. The van der Waals surface area contributed by atoms with E-state index in [4.69, 9.17) is 27.9 Å². The van der Waals surface area contributed by atoms with Crippen LogP contribution in [0.15, 0.2) is 12.1 Å². The molecule has 0 aliphatic rings. The SMILES string of the molecule is CCCC(=O)Oc1ccc(Cl)c(Cl)[c]1[InH2]. The van der Waals surface area contributed by atoms with Crippen LogP contribution in [0.25, 0.3) is 0 Å². The molecule has 0 fully saturated rings. The summed E-state index contributed by atoms with van der Waals surface area (Å²) in [6.07, 6.45) is 1.21. The van der Waals surface area contributed by atoms with E-state index in [1.807, 2.05) is 6.92 Å². The normalized spacial score (nSPS) is 10.1. The number of ether oxygens (including phenoxy) is 1. The van der Waals surface area contributed by atoms with Crippen LogP contribution in [0.3, 0.4) is 0 Å². The molecule has 0 saturated heterocycles. The zero-order valence-corrected chi connectivity index (χ0v) is 15.9. The van der Waals surface area contributed by atoms with Crippen LogP contribution in [0.2, 0.25) is 10.0 Å². The Balaban J connectivity index is 2.87.